The van der Waals surface area contributed by atoms with E-state index in [2.05, 4.69) is 30.9 Å². The zero-order chi connectivity index (χ0) is 20.9. The number of nitrogens with zero attached hydrogens (tertiary/aromatic N) is 1. The van der Waals surface area contributed by atoms with Crippen molar-refractivity contribution in [3.63, 3.8) is 0 Å². The Balaban J connectivity index is 2.14. The Labute approximate surface area is 178 Å². The Morgan fingerprint density at radius 3 is 2.34 bits per heavy atom. The molecule has 0 radical (unpaired) electrons. The van der Waals surface area contributed by atoms with Gasteiger partial charge in [-0.1, -0.05) is 57.7 Å². The number of anilines is 2. The lowest BCUT2D eigenvalue weighted by Crippen LogP contribution is -2.38. The number of hydrogen-bond donors (Lipinski definition) is 1. The van der Waals surface area contributed by atoms with Crippen molar-refractivity contribution in [2.45, 2.75) is 57.3 Å². The molecule has 0 saturated carbocycles. The molecule has 1 unspecified atom stereocenters. The van der Waals surface area contributed by atoms with Crippen LogP contribution in [0.5, 0.6) is 11.5 Å². The number of ether oxygens (including phenoxy) is 1. The highest BCUT2D eigenvalue weighted by Gasteiger charge is 2.42. The summed E-state index contributed by atoms with van der Waals surface area (Å²) in [5, 5.41) is 10.4. The molecule has 0 fully saturated rings. The van der Waals surface area contributed by atoms with Crippen LogP contribution in [-0.4, -0.2) is 29.1 Å². The summed E-state index contributed by atoms with van der Waals surface area (Å²) in [5.74, 6) is 1.09. The molecule has 3 rings (SSSR count). The molecule has 4 nitrogen and oxygen atoms in total. The molecule has 1 aliphatic heterocycles. The van der Waals surface area contributed by atoms with Crippen LogP contribution in [0.2, 0.25) is 0 Å². The van der Waals surface area contributed by atoms with E-state index in [1.165, 1.54) is 0 Å². The summed E-state index contributed by atoms with van der Waals surface area (Å²) in [4.78, 5) is 2.98. The third-order valence-corrected chi connectivity index (χ3v) is 7.61. The highest BCUT2D eigenvalue weighted by molar-refractivity contribution is 7.91. The van der Waals surface area contributed by atoms with E-state index in [4.69, 9.17) is 4.74 Å². The van der Waals surface area contributed by atoms with Gasteiger partial charge in [-0.05, 0) is 36.2 Å². The standard InChI is InChI=1S/C24H33NO3S/c1-4-6-13-24(14-7-5-2)17-25(19-11-9-8-10-12-19)20-15-22(28-3)21(26)16-23(20)29(27)18-24/h8-12,15-16,26H,4-7,13-14,17-18H2,1-3H3. The van der Waals surface area contributed by atoms with Crippen LogP contribution in [0.3, 0.4) is 0 Å². The molecule has 2 aromatic rings. The number of aromatic hydroxyl groups is 1. The summed E-state index contributed by atoms with van der Waals surface area (Å²) in [7, 11) is 1.55. The first-order chi connectivity index (χ1) is 14.0. The van der Waals surface area contributed by atoms with E-state index in [0.717, 1.165) is 56.4 Å². The predicted molar refractivity (Wildman–Crippen MR) is 121 cm³/mol. The molecule has 0 saturated heterocycles. The zero-order valence-corrected chi connectivity index (χ0v) is 18.6. The Morgan fingerprint density at radius 2 is 1.76 bits per heavy atom. The van der Waals surface area contributed by atoms with Gasteiger partial charge in [-0.3, -0.25) is 0 Å². The van der Waals surface area contributed by atoms with Crippen LogP contribution in [0, 0.1) is 5.41 Å². The number of para-hydroxylation sites is 1. The van der Waals surface area contributed by atoms with E-state index in [-0.39, 0.29) is 11.2 Å². The van der Waals surface area contributed by atoms with Crippen LogP contribution in [-0.2, 0) is 11.2 Å². The van der Waals surface area contributed by atoms with Gasteiger partial charge in [0, 0.05) is 29.8 Å². The van der Waals surface area contributed by atoms with E-state index in [9.17, 15) is 9.66 Å². The smallest absolute Gasteiger partial charge is 0.180 e. The monoisotopic (exact) mass is 415 g/mol. The summed E-state index contributed by atoms with van der Waals surface area (Å²) in [6.07, 6.45) is 6.66. The summed E-state index contributed by atoms with van der Waals surface area (Å²) >= 11 is -1.18. The van der Waals surface area contributed by atoms with Gasteiger partial charge in [-0.15, -0.1) is 0 Å². The molecule has 1 N–H and O–H groups in total. The molecule has 5 heteroatoms. The lowest BCUT2D eigenvalue weighted by molar-refractivity contribution is 0.270. The molecule has 0 aliphatic carbocycles. The Kier molecular flexibility index (Phi) is 7.36. The SMILES string of the molecule is CCCCC1(CCCC)CN(c2ccccc2)c2cc(OC)c(O)cc2[S+]([O-])C1. The van der Waals surface area contributed by atoms with Crippen molar-refractivity contribution in [3.05, 3.63) is 42.5 Å². The molecular formula is C24H33NO3S. The van der Waals surface area contributed by atoms with Crippen LogP contribution in [0.1, 0.15) is 52.4 Å². The van der Waals surface area contributed by atoms with E-state index in [1.807, 2.05) is 24.3 Å². The molecule has 1 heterocycles. The third kappa shape index (κ3) is 4.84. The van der Waals surface area contributed by atoms with E-state index in [0.29, 0.717) is 16.4 Å². The second-order valence-corrected chi connectivity index (χ2v) is 9.53. The number of phenolic OH excluding ortho intramolecular Hbond substituents is 1. The minimum atomic E-state index is -1.18. The second kappa shape index (κ2) is 9.77. The zero-order valence-electron chi connectivity index (χ0n) is 17.8. The maximum atomic E-state index is 13.5. The van der Waals surface area contributed by atoms with Crippen molar-refractivity contribution in [1.82, 2.24) is 0 Å². The average molecular weight is 416 g/mol. The van der Waals surface area contributed by atoms with E-state index < -0.39 is 11.2 Å². The average Bonchev–Trinajstić information content (AvgIpc) is 2.86. The van der Waals surface area contributed by atoms with Crippen LogP contribution in [0.15, 0.2) is 47.4 Å². The van der Waals surface area contributed by atoms with Crippen molar-refractivity contribution < 1.29 is 14.4 Å². The van der Waals surface area contributed by atoms with E-state index in [1.54, 1.807) is 13.2 Å². The predicted octanol–water partition coefficient (Wildman–Crippen LogP) is 6.03. The molecule has 1 atom stereocenters. The molecule has 2 aromatic carbocycles. The molecule has 0 spiro atoms. The fourth-order valence-electron chi connectivity index (χ4n) is 4.29. The number of hydrogen-bond acceptors (Lipinski definition) is 4. The van der Waals surface area contributed by atoms with E-state index >= 15 is 0 Å². The minimum absolute atomic E-state index is 0.0192. The lowest BCUT2D eigenvalue weighted by atomic mass is 9.79. The molecule has 1 aliphatic rings. The summed E-state index contributed by atoms with van der Waals surface area (Å²) in [6.45, 7) is 5.26. The van der Waals surface area contributed by atoms with Gasteiger partial charge in [0.2, 0.25) is 0 Å². The molecule has 0 bridgehead atoms. The van der Waals surface area contributed by atoms with Crippen molar-refractivity contribution in [1.29, 1.82) is 0 Å². The quantitative estimate of drug-likeness (QED) is 0.535. The fourth-order valence-corrected chi connectivity index (χ4v) is 6.02. The van der Waals surface area contributed by atoms with Crippen molar-refractivity contribution in [3.8, 4) is 11.5 Å². The normalized spacial score (nSPS) is 18.2. The highest BCUT2D eigenvalue weighted by atomic mass is 32.2. The van der Waals surface area contributed by atoms with Crippen molar-refractivity contribution in [2.24, 2.45) is 5.41 Å². The molecule has 158 valence electrons. The topological polar surface area (TPSA) is 55.8 Å². The molecular weight excluding hydrogens is 382 g/mol. The summed E-state index contributed by atoms with van der Waals surface area (Å²) in [5.41, 5.74) is 1.94. The van der Waals surface area contributed by atoms with Gasteiger partial charge in [0.25, 0.3) is 0 Å². The van der Waals surface area contributed by atoms with Gasteiger partial charge in [0.15, 0.2) is 16.4 Å². The van der Waals surface area contributed by atoms with Gasteiger partial charge in [0.1, 0.15) is 11.4 Å². The fraction of sp³-hybridized carbons (Fsp3) is 0.500. The van der Waals surface area contributed by atoms with Gasteiger partial charge in [0.05, 0.1) is 7.11 Å². The van der Waals surface area contributed by atoms with Crippen LogP contribution in [0.25, 0.3) is 0 Å². The van der Waals surface area contributed by atoms with Crippen LogP contribution < -0.4 is 9.64 Å². The van der Waals surface area contributed by atoms with Gasteiger partial charge >= 0.3 is 0 Å². The lowest BCUT2D eigenvalue weighted by Gasteiger charge is -2.36. The summed E-state index contributed by atoms with van der Waals surface area (Å²) in [6, 6.07) is 13.8. The number of fused-ring (bicyclic) bond motifs is 1. The number of phenols is 1. The van der Waals surface area contributed by atoms with Crippen LogP contribution in [0.4, 0.5) is 11.4 Å². The number of benzene rings is 2. The number of rotatable bonds is 8. The van der Waals surface area contributed by atoms with Crippen molar-refractivity contribution >= 4 is 22.6 Å². The second-order valence-electron chi connectivity index (χ2n) is 8.11. The van der Waals surface area contributed by atoms with Gasteiger partial charge < -0.3 is 19.3 Å². The third-order valence-electron chi connectivity index (χ3n) is 5.92. The maximum Gasteiger partial charge on any atom is 0.180 e. The molecule has 0 aromatic heterocycles. The minimum Gasteiger partial charge on any atom is -0.611 e. The first kappa shape index (κ1) is 21.8. The Morgan fingerprint density at radius 1 is 1.10 bits per heavy atom. The largest absolute Gasteiger partial charge is 0.611 e. The Hall–Kier alpha value is -1.85. The number of methoxy groups -OCH3 is 1. The van der Waals surface area contributed by atoms with Crippen molar-refractivity contribution in [2.75, 3.05) is 24.3 Å². The number of unbranched alkanes of at least 4 members (excludes halogenated alkanes) is 2. The Bertz CT molecular complexity index is 788. The van der Waals surface area contributed by atoms with Gasteiger partial charge in [-0.2, -0.15) is 0 Å². The first-order valence-corrected chi connectivity index (χ1v) is 12.0. The van der Waals surface area contributed by atoms with Crippen LogP contribution >= 0.6 is 0 Å². The first-order valence-electron chi connectivity index (χ1n) is 10.7. The summed E-state index contributed by atoms with van der Waals surface area (Å²) < 4.78 is 18.9. The van der Waals surface area contributed by atoms with Gasteiger partial charge in [-0.25, -0.2) is 0 Å². The molecule has 0 amide bonds. The highest BCUT2D eigenvalue weighted by Crippen LogP contribution is 2.47. The molecule has 29 heavy (non-hydrogen) atoms. The maximum absolute atomic E-state index is 13.5.